The van der Waals surface area contributed by atoms with Crippen molar-refractivity contribution in [2.75, 3.05) is 5.32 Å². The second kappa shape index (κ2) is 5.67. The third-order valence-corrected chi connectivity index (χ3v) is 3.93. The summed E-state index contributed by atoms with van der Waals surface area (Å²) in [6, 6.07) is 9.06. The maximum atomic E-state index is 12.1. The number of hydrogen-bond donors (Lipinski definition) is 1. The summed E-state index contributed by atoms with van der Waals surface area (Å²) in [5, 5.41) is 9.85. The van der Waals surface area contributed by atoms with Crippen molar-refractivity contribution in [3.8, 4) is 11.3 Å². The molecular weight excluding hydrogens is 308 g/mol. The van der Waals surface area contributed by atoms with E-state index in [4.69, 9.17) is 11.6 Å². The zero-order chi connectivity index (χ0) is 14.8. The van der Waals surface area contributed by atoms with Crippen LogP contribution < -0.4 is 5.32 Å². The fourth-order valence-electron chi connectivity index (χ4n) is 1.84. The molecule has 2 heterocycles. The van der Waals surface area contributed by atoms with E-state index >= 15 is 0 Å². The Morgan fingerprint density at radius 3 is 2.71 bits per heavy atom. The van der Waals surface area contributed by atoms with Gasteiger partial charge >= 0.3 is 0 Å². The molecule has 0 radical (unpaired) electrons. The number of nitrogens with one attached hydrogen (secondary N) is 1. The lowest BCUT2D eigenvalue weighted by atomic mass is 10.2. The maximum absolute atomic E-state index is 12.1. The Kier molecular flexibility index (Phi) is 3.72. The number of benzene rings is 1. The largest absolute Gasteiger partial charge is 0.296 e. The first-order valence-electron chi connectivity index (χ1n) is 6.14. The first-order chi connectivity index (χ1) is 10.1. The van der Waals surface area contributed by atoms with Crippen LogP contribution in [0.3, 0.4) is 0 Å². The van der Waals surface area contributed by atoms with E-state index in [2.05, 4.69) is 15.4 Å². The van der Waals surface area contributed by atoms with Gasteiger partial charge in [-0.05, 0) is 18.2 Å². The standard InChI is InChI=1S/C14H11ClN4OS/c1-19-12(6-7-16-19)13(20)18-14-17-11(8-21-14)9-2-4-10(15)5-3-9/h2-8H,1H3,(H,17,18,20). The number of amides is 1. The number of rotatable bonds is 3. The van der Waals surface area contributed by atoms with E-state index in [1.54, 1.807) is 19.3 Å². The molecule has 2 aromatic heterocycles. The number of halogens is 1. The Balaban J connectivity index is 1.78. The summed E-state index contributed by atoms with van der Waals surface area (Å²) >= 11 is 7.24. The Hall–Kier alpha value is -2.18. The summed E-state index contributed by atoms with van der Waals surface area (Å²) in [6.45, 7) is 0. The predicted molar refractivity (Wildman–Crippen MR) is 83.7 cm³/mol. The molecule has 1 amide bonds. The van der Waals surface area contributed by atoms with Gasteiger partial charge in [0.05, 0.1) is 5.69 Å². The topological polar surface area (TPSA) is 59.8 Å². The molecule has 0 aliphatic rings. The highest BCUT2D eigenvalue weighted by Crippen LogP contribution is 2.26. The van der Waals surface area contributed by atoms with Gasteiger partial charge in [0.15, 0.2) is 5.13 Å². The number of thiazole rings is 1. The van der Waals surface area contributed by atoms with Gasteiger partial charge in [0.25, 0.3) is 5.91 Å². The lowest BCUT2D eigenvalue weighted by Gasteiger charge is -2.01. The van der Waals surface area contributed by atoms with Gasteiger partial charge < -0.3 is 0 Å². The predicted octanol–water partition coefficient (Wildman–Crippen LogP) is 3.45. The number of hydrogen-bond acceptors (Lipinski definition) is 4. The molecule has 7 heteroatoms. The summed E-state index contributed by atoms with van der Waals surface area (Å²) in [6.07, 6.45) is 1.58. The zero-order valence-corrected chi connectivity index (χ0v) is 12.6. The number of anilines is 1. The Bertz CT molecular complexity index is 778. The lowest BCUT2D eigenvalue weighted by molar-refractivity contribution is 0.101. The summed E-state index contributed by atoms with van der Waals surface area (Å²) in [4.78, 5) is 16.5. The number of carbonyl (C=O) groups excluding carboxylic acids is 1. The first-order valence-corrected chi connectivity index (χ1v) is 7.40. The Morgan fingerprint density at radius 1 is 1.29 bits per heavy atom. The fourth-order valence-corrected chi connectivity index (χ4v) is 2.68. The average molecular weight is 319 g/mol. The molecule has 5 nitrogen and oxygen atoms in total. The van der Waals surface area contributed by atoms with Crippen molar-refractivity contribution < 1.29 is 4.79 Å². The van der Waals surface area contributed by atoms with Crippen molar-refractivity contribution in [1.29, 1.82) is 0 Å². The highest BCUT2D eigenvalue weighted by molar-refractivity contribution is 7.14. The van der Waals surface area contributed by atoms with Gasteiger partial charge in [0.2, 0.25) is 0 Å². The van der Waals surface area contributed by atoms with Crippen LogP contribution in [0.5, 0.6) is 0 Å². The molecule has 0 spiro atoms. The molecule has 0 bridgehead atoms. The van der Waals surface area contributed by atoms with Gasteiger partial charge in [-0.1, -0.05) is 23.7 Å². The second-order valence-electron chi connectivity index (χ2n) is 4.34. The Morgan fingerprint density at radius 2 is 2.05 bits per heavy atom. The van der Waals surface area contributed by atoms with Gasteiger partial charge in [-0.25, -0.2) is 4.98 Å². The highest BCUT2D eigenvalue weighted by Gasteiger charge is 2.12. The molecule has 0 saturated heterocycles. The average Bonchev–Trinajstić information content (AvgIpc) is 3.09. The van der Waals surface area contributed by atoms with E-state index < -0.39 is 0 Å². The molecule has 0 fully saturated rings. The lowest BCUT2D eigenvalue weighted by Crippen LogP contribution is -2.15. The van der Waals surface area contributed by atoms with Crippen LogP contribution in [0.15, 0.2) is 41.9 Å². The molecule has 0 saturated carbocycles. The summed E-state index contributed by atoms with van der Waals surface area (Å²) < 4.78 is 1.52. The number of nitrogens with zero attached hydrogens (tertiary/aromatic N) is 3. The SMILES string of the molecule is Cn1nccc1C(=O)Nc1nc(-c2ccc(Cl)cc2)cs1. The molecule has 106 valence electrons. The van der Waals surface area contributed by atoms with Crippen molar-refractivity contribution in [3.63, 3.8) is 0 Å². The second-order valence-corrected chi connectivity index (χ2v) is 5.63. The van der Waals surface area contributed by atoms with E-state index in [9.17, 15) is 4.79 Å². The number of aryl methyl sites for hydroxylation is 1. The Labute approximate surface area is 130 Å². The number of aromatic nitrogens is 3. The number of carbonyl (C=O) groups is 1. The maximum Gasteiger partial charge on any atom is 0.275 e. The van der Waals surface area contributed by atoms with E-state index in [0.29, 0.717) is 15.8 Å². The van der Waals surface area contributed by atoms with Crippen LogP contribution in [-0.2, 0) is 7.05 Å². The van der Waals surface area contributed by atoms with Crippen molar-refractivity contribution in [2.45, 2.75) is 0 Å². The van der Waals surface area contributed by atoms with Crippen molar-refractivity contribution >= 4 is 34.0 Å². The monoisotopic (exact) mass is 318 g/mol. The van der Waals surface area contributed by atoms with Crippen LogP contribution in [0.25, 0.3) is 11.3 Å². The molecule has 0 aliphatic carbocycles. The minimum absolute atomic E-state index is 0.230. The fraction of sp³-hybridized carbons (Fsp3) is 0.0714. The van der Waals surface area contributed by atoms with E-state index in [1.807, 2.05) is 29.6 Å². The van der Waals surface area contributed by atoms with E-state index in [1.165, 1.54) is 16.0 Å². The summed E-state index contributed by atoms with van der Waals surface area (Å²) in [5.74, 6) is -0.230. The normalized spacial score (nSPS) is 10.6. The first kappa shape index (κ1) is 13.8. The van der Waals surface area contributed by atoms with E-state index in [-0.39, 0.29) is 5.91 Å². The summed E-state index contributed by atoms with van der Waals surface area (Å²) in [7, 11) is 1.72. The smallest absolute Gasteiger partial charge is 0.275 e. The van der Waals surface area contributed by atoms with Crippen LogP contribution in [0.4, 0.5) is 5.13 Å². The quantitative estimate of drug-likeness (QED) is 0.804. The molecule has 0 atom stereocenters. The molecule has 0 unspecified atom stereocenters. The van der Waals surface area contributed by atoms with Crippen LogP contribution in [0.1, 0.15) is 10.5 Å². The third kappa shape index (κ3) is 2.96. The van der Waals surface area contributed by atoms with Gasteiger partial charge in [-0.2, -0.15) is 5.10 Å². The summed E-state index contributed by atoms with van der Waals surface area (Å²) in [5.41, 5.74) is 2.24. The van der Waals surface area contributed by atoms with Crippen LogP contribution >= 0.6 is 22.9 Å². The molecular formula is C14H11ClN4OS. The van der Waals surface area contributed by atoms with Crippen LogP contribution in [-0.4, -0.2) is 20.7 Å². The van der Waals surface area contributed by atoms with Gasteiger partial charge in [0, 0.05) is 29.2 Å². The van der Waals surface area contributed by atoms with Crippen LogP contribution in [0.2, 0.25) is 5.02 Å². The molecule has 1 aromatic carbocycles. The van der Waals surface area contributed by atoms with Crippen molar-refractivity contribution in [2.24, 2.45) is 7.05 Å². The molecule has 0 aliphatic heterocycles. The van der Waals surface area contributed by atoms with Crippen molar-refractivity contribution in [1.82, 2.24) is 14.8 Å². The van der Waals surface area contributed by atoms with E-state index in [0.717, 1.165) is 11.3 Å². The molecule has 3 rings (SSSR count). The highest BCUT2D eigenvalue weighted by atomic mass is 35.5. The van der Waals surface area contributed by atoms with Gasteiger partial charge in [-0.15, -0.1) is 11.3 Å². The zero-order valence-electron chi connectivity index (χ0n) is 11.1. The van der Waals surface area contributed by atoms with Crippen molar-refractivity contribution in [3.05, 3.63) is 52.6 Å². The minimum Gasteiger partial charge on any atom is -0.296 e. The van der Waals surface area contributed by atoms with Gasteiger partial charge in [-0.3, -0.25) is 14.8 Å². The molecule has 21 heavy (non-hydrogen) atoms. The molecule has 3 aromatic rings. The third-order valence-electron chi connectivity index (χ3n) is 2.92. The molecule has 1 N–H and O–H groups in total. The van der Waals surface area contributed by atoms with Gasteiger partial charge in [0.1, 0.15) is 5.69 Å². The minimum atomic E-state index is -0.230. The van der Waals surface area contributed by atoms with Crippen LogP contribution in [0, 0.1) is 0 Å².